The van der Waals surface area contributed by atoms with Crippen molar-refractivity contribution in [3.63, 3.8) is 0 Å². The van der Waals surface area contributed by atoms with Crippen LogP contribution in [0.1, 0.15) is 23.1 Å². The molecule has 2 aromatic carbocycles. The van der Waals surface area contributed by atoms with Crippen LogP contribution in [0.15, 0.2) is 60.3 Å². The molecular weight excluding hydrogens is 389 g/mol. The van der Waals surface area contributed by atoms with Crippen LogP contribution in [0.3, 0.4) is 0 Å². The predicted molar refractivity (Wildman–Crippen MR) is 116 cm³/mol. The van der Waals surface area contributed by atoms with Crippen LogP contribution >= 0.6 is 11.6 Å². The molecule has 2 aromatic rings. The molecule has 152 valence electrons. The molecule has 4 nitrogen and oxygen atoms in total. The Morgan fingerprint density at radius 3 is 2.69 bits per heavy atom. The number of ether oxygens (including phenoxy) is 1. The summed E-state index contributed by atoms with van der Waals surface area (Å²) in [5, 5.41) is 3.75. The van der Waals surface area contributed by atoms with E-state index in [4.69, 9.17) is 27.8 Å². The Balaban J connectivity index is 1.84. The first-order chi connectivity index (χ1) is 14.1. The molecule has 0 bridgehead atoms. The Hall–Kier alpha value is -2.34. The monoisotopic (exact) mass is 413 g/mol. The molecule has 0 radical (unpaired) electrons. The fraction of sp³-hybridized carbons (Fsp3) is 0.304. The minimum absolute atomic E-state index is 0.305. The summed E-state index contributed by atoms with van der Waals surface area (Å²) >= 11 is 6.62. The normalized spacial score (nSPS) is 23.1. The van der Waals surface area contributed by atoms with Gasteiger partial charge in [-0.15, -0.1) is 0 Å². The highest BCUT2D eigenvalue weighted by molar-refractivity contribution is 6.32. The van der Waals surface area contributed by atoms with Crippen LogP contribution in [-0.4, -0.2) is 25.8 Å². The lowest BCUT2D eigenvalue weighted by Crippen LogP contribution is -2.39. The first-order valence-electron chi connectivity index (χ1n) is 9.84. The average molecular weight is 414 g/mol. The second-order valence-corrected chi connectivity index (χ2v) is 7.80. The van der Waals surface area contributed by atoms with E-state index in [0.717, 1.165) is 16.8 Å². The molecule has 1 aliphatic carbocycles. The summed E-state index contributed by atoms with van der Waals surface area (Å²) in [6.45, 7) is 1.31. The SMILES string of the molecule is NCCNC1=C(c2c(Cl)ccc3c2C[C@@](CN)(c2ccccc2)O3)[C@@H](F)CC=C1. The molecule has 0 unspecified atom stereocenters. The van der Waals surface area contributed by atoms with Crippen molar-refractivity contribution in [3.05, 3.63) is 82.0 Å². The maximum absolute atomic E-state index is 15.2. The lowest BCUT2D eigenvalue weighted by atomic mass is 9.84. The third-order valence-corrected chi connectivity index (χ3v) is 5.89. The van der Waals surface area contributed by atoms with Crippen molar-refractivity contribution in [1.82, 2.24) is 5.32 Å². The van der Waals surface area contributed by atoms with Crippen LogP contribution < -0.4 is 21.5 Å². The van der Waals surface area contributed by atoms with Gasteiger partial charge < -0.3 is 21.5 Å². The van der Waals surface area contributed by atoms with Gasteiger partial charge >= 0.3 is 0 Å². The molecule has 0 aromatic heterocycles. The summed E-state index contributed by atoms with van der Waals surface area (Å²) in [4.78, 5) is 0. The lowest BCUT2D eigenvalue weighted by molar-refractivity contribution is 0.103. The number of nitrogens with one attached hydrogen (secondary N) is 1. The third-order valence-electron chi connectivity index (χ3n) is 5.58. The van der Waals surface area contributed by atoms with Gasteiger partial charge in [-0.3, -0.25) is 0 Å². The van der Waals surface area contributed by atoms with Crippen molar-refractivity contribution in [2.45, 2.75) is 24.6 Å². The molecule has 2 atom stereocenters. The molecule has 1 aliphatic heterocycles. The molecule has 0 saturated carbocycles. The van der Waals surface area contributed by atoms with Gasteiger partial charge in [-0.1, -0.05) is 48.0 Å². The van der Waals surface area contributed by atoms with Gasteiger partial charge in [0.25, 0.3) is 0 Å². The van der Waals surface area contributed by atoms with Gasteiger partial charge in [-0.25, -0.2) is 4.39 Å². The summed E-state index contributed by atoms with van der Waals surface area (Å²) < 4.78 is 21.5. The summed E-state index contributed by atoms with van der Waals surface area (Å²) in [6.07, 6.45) is 3.41. The van der Waals surface area contributed by atoms with E-state index in [0.29, 0.717) is 54.4 Å². The Bertz CT molecular complexity index is 960. The highest BCUT2D eigenvalue weighted by Gasteiger charge is 2.42. The van der Waals surface area contributed by atoms with Gasteiger partial charge in [0.2, 0.25) is 0 Å². The van der Waals surface area contributed by atoms with Crippen LogP contribution in [0.4, 0.5) is 4.39 Å². The molecule has 2 aliphatic rings. The van der Waals surface area contributed by atoms with E-state index in [1.54, 1.807) is 6.07 Å². The molecule has 6 heteroatoms. The molecule has 4 rings (SSSR count). The first-order valence-corrected chi connectivity index (χ1v) is 10.2. The second kappa shape index (κ2) is 8.19. The van der Waals surface area contributed by atoms with Crippen molar-refractivity contribution in [2.75, 3.05) is 19.6 Å². The molecule has 0 spiro atoms. The Labute approximate surface area is 175 Å². The summed E-state index contributed by atoms with van der Waals surface area (Å²) in [5.74, 6) is 0.700. The van der Waals surface area contributed by atoms with Gasteiger partial charge in [0.05, 0.1) is 0 Å². The zero-order valence-electron chi connectivity index (χ0n) is 16.1. The number of halogens is 2. The van der Waals surface area contributed by atoms with Crippen LogP contribution in [-0.2, 0) is 12.0 Å². The average Bonchev–Trinajstić information content (AvgIpc) is 3.14. The number of alkyl halides is 1. The Morgan fingerprint density at radius 2 is 1.97 bits per heavy atom. The van der Waals surface area contributed by atoms with E-state index in [1.807, 2.05) is 48.6 Å². The maximum Gasteiger partial charge on any atom is 0.150 e. The van der Waals surface area contributed by atoms with Crippen molar-refractivity contribution in [3.8, 4) is 5.75 Å². The Kier molecular flexibility index (Phi) is 5.63. The van der Waals surface area contributed by atoms with E-state index in [9.17, 15) is 0 Å². The van der Waals surface area contributed by atoms with Crippen LogP contribution in [0.2, 0.25) is 5.02 Å². The number of hydrogen-bond donors (Lipinski definition) is 3. The molecule has 5 N–H and O–H groups in total. The van der Waals surface area contributed by atoms with Gasteiger partial charge in [-0.05, 0) is 23.8 Å². The van der Waals surface area contributed by atoms with E-state index in [-0.39, 0.29) is 0 Å². The van der Waals surface area contributed by atoms with Gasteiger partial charge in [0, 0.05) is 59.9 Å². The number of benzene rings is 2. The smallest absolute Gasteiger partial charge is 0.150 e. The number of nitrogens with two attached hydrogens (primary N) is 2. The van der Waals surface area contributed by atoms with Crippen LogP contribution in [0, 0.1) is 0 Å². The zero-order valence-corrected chi connectivity index (χ0v) is 16.9. The van der Waals surface area contributed by atoms with Crippen molar-refractivity contribution < 1.29 is 9.13 Å². The van der Waals surface area contributed by atoms with Gasteiger partial charge in [0.15, 0.2) is 5.60 Å². The molecule has 0 fully saturated rings. The van der Waals surface area contributed by atoms with Crippen LogP contribution in [0.25, 0.3) is 5.57 Å². The largest absolute Gasteiger partial charge is 0.481 e. The highest BCUT2D eigenvalue weighted by atomic mass is 35.5. The number of fused-ring (bicyclic) bond motifs is 1. The fourth-order valence-electron chi connectivity index (χ4n) is 4.16. The minimum atomic E-state index is -1.16. The number of allylic oxidation sites excluding steroid dienone is 3. The summed E-state index contributed by atoms with van der Waals surface area (Å²) in [7, 11) is 0. The van der Waals surface area contributed by atoms with Crippen molar-refractivity contribution in [2.24, 2.45) is 11.5 Å². The molecule has 29 heavy (non-hydrogen) atoms. The van der Waals surface area contributed by atoms with Gasteiger partial charge in [0.1, 0.15) is 11.9 Å². The molecule has 1 heterocycles. The first kappa shape index (κ1) is 20.0. The maximum atomic E-state index is 15.2. The Morgan fingerprint density at radius 1 is 1.17 bits per heavy atom. The highest BCUT2D eigenvalue weighted by Crippen LogP contribution is 2.48. The van der Waals surface area contributed by atoms with E-state index in [2.05, 4.69) is 5.32 Å². The number of rotatable bonds is 6. The van der Waals surface area contributed by atoms with Crippen molar-refractivity contribution in [1.29, 1.82) is 0 Å². The quantitative estimate of drug-likeness (QED) is 0.675. The number of hydrogen-bond acceptors (Lipinski definition) is 4. The van der Waals surface area contributed by atoms with Crippen molar-refractivity contribution >= 4 is 17.2 Å². The second-order valence-electron chi connectivity index (χ2n) is 7.39. The minimum Gasteiger partial charge on any atom is -0.481 e. The molecular formula is C23H25ClFN3O. The predicted octanol–water partition coefficient (Wildman–Crippen LogP) is 3.69. The topological polar surface area (TPSA) is 73.3 Å². The standard InChI is InChI=1S/C23H25ClFN3O/c24-17-9-10-20-16(13-23(14-27,29-20)15-5-2-1-3-6-15)21(17)22-18(25)7-4-8-19(22)28-12-11-26/h1-6,8-10,18,28H,7,11-14,26-27H2/t18-,23+/m0/s1. The third kappa shape index (κ3) is 3.54. The van der Waals surface area contributed by atoms with E-state index in [1.165, 1.54) is 0 Å². The summed E-state index contributed by atoms with van der Waals surface area (Å²) in [6, 6.07) is 13.5. The van der Waals surface area contributed by atoms with E-state index >= 15 is 4.39 Å². The van der Waals surface area contributed by atoms with Gasteiger partial charge in [-0.2, -0.15) is 0 Å². The van der Waals surface area contributed by atoms with Crippen LogP contribution in [0.5, 0.6) is 5.75 Å². The molecule has 0 saturated heterocycles. The lowest BCUT2D eigenvalue weighted by Gasteiger charge is -2.28. The van der Waals surface area contributed by atoms with E-state index < -0.39 is 11.8 Å². The fourth-order valence-corrected chi connectivity index (χ4v) is 4.44. The molecule has 0 amide bonds. The zero-order chi connectivity index (χ0) is 20.4. The summed E-state index contributed by atoms with van der Waals surface area (Å²) in [5.41, 5.74) is 15.0.